The van der Waals surface area contributed by atoms with E-state index in [1.165, 1.54) is 12.1 Å². The molecule has 0 aromatic heterocycles. The highest BCUT2D eigenvalue weighted by atomic mass is 19.4. The molecule has 0 bridgehead atoms. The van der Waals surface area contributed by atoms with E-state index in [2.05, 4.69) is 5.32 Å². The normalized spacial score (nSPS) is 16.5. The van der Waals surface area contributed by atoms with Gasteiger partial charge in [-0.05, 0) is 24.3 Å². The molecule has 0 spiro atoms. The third-order valence-corrected chi connectivity index (χ3v) is 3.41. The number of para-hydroxylation sites is 2. The Hall–Kier alpha value is -2.54. The first-order valence-electron chi connectivity index (χ1n) is 7.26. The molecule has 2 aromatic carbocycles. The first-order chi connectivity index (χ1) is 11.4. The largest absolute Gasteiger partial charge is 0.489 e. The van der Waals surface area contributed by atoms with E-state index in [0.29, 0.717) is 12.3 Å². The Morgan fingerprint density at radius 3 is 2.50 bits per heavy atom. The molecule has 1 aliphatic rings. The van der Waals surface area contributed by atoms with Crippen LogP contribution in [-0.2, 0) is 10.9 Å². The van der Waals surface area contributed by atoms with Crippen molar-refractivity contribution in [2.75, 3.05) is 18.5 Å². The van der Waals surface area contributed by atoms with E-state index in [4.69, 9.17) is 9.47 Å². The van der Waals surface area contributed by atoms with Crippen LogP contribution in [0.15, 0.2) is 48.5 Å². The number of carbonyl (C=O) groups excluding carboxylic acids is 1. The highest BCUT2D eigenvalue weighted by molar-refractivity contribution is 6.06. The number of hydrogen-bond acceptors (Lipinski definition) is 3. The molecule has 4 nitrogen and oxygen atoms in total. The first kappa shape index (κ1) is 16.3. The molecule has 1 atom stereocenters. The third kappa shape index (κ3) is 3.86. The number of ether oxygens (including phenoxy) is 2. The Labute approximate surface area is 136 Å². The number of amides is 1. The summed E-state index contributed by atoms with van der Waals surface area (Å²) in [7, 11) is 0. The van der Waals surface area contributed by atoms with Crippen LogP contribution in [0.25, 0.3) is 0 Å². The van der Waals surface area contributed by atoms with Crippen molar-refractivity contribution in [2.24, 2.45) is 0 Å². The number of alkyl halides is 3. The van der Waals surface area contributed by atoms with Crippen molar-refractivity contribution < 1.29 is 27.4 Å². The number of halogens is 3. The van der Waals surface area contributed by atoms with Gasteiger partial charge in [0.2, 0.25) is 0 Å². The average Bonchev–Trinajstić information content (AvgIpc) is 3.37. The Bertz CT molecular complexity index is 728. The van der Waals surface area contributed by atoms with E-state index in [1.807, 2.05) is 0 Å². The zero-order valence-electron chi connectivity index (χ0n) is 12.5. The van der Waals surface area contributed by atoms with Crippen molar-refractivity contribution >= 4 is 11.6 Å². The molecule has 1 N–H and O–H groups in total. The summed E-state index contributed by atoms with van der Waals surface area (Å²) in [6.07, 6.45) is -4.85. The first-order valence-corrected chi connectivity index (χ1v) is 7.26. The number of nitrogens with one attached hydrogen (secondary N) is 1. The van der Waals surface area contributed by atoms with Gasteiger partial charge < -0.3 is 14.8 Å². The summed E-state index contributed by atoms with van der Waals surface area (Å²) in [5.74, 6) is -1.15. The molecule has 7 heteroatoms. The van der Waals surface area contributed by atoms with Crippen molar-refractivity contribution in [2.45, 2.75) is 12.3 Å². The standard InChI is InChI=1S/C17H14F3NO3/c18-17(19,20)14-8-4-7-13(15(14)24-10-12-9-23-12)16(22)21-11-5-2-1-3-6-11/h1-8,12H,9-10H2,(H,21,22). The van der Waals surface area contributed by atoms with Crippen LogP contribution in [0.2, 0.25) is 0 Å². The fraction of sp³-hybridized carbons (Fsp3) is 0.235. The van der Waals surface area contributed by atoms with Gasteiger partial charge in [0.25, 0.3) is 5.91 Å². The van der Waals surface area contributed by atoms with E-state index in [9.17, 15) is 18.0 Å². The van der Waals surface area contributed by atoms with Gasteiger partial charge in [0.1, 0.15) is 18.5 Å². The molecule has 3 rings (SSSR count). The lowest BCUT2D eigenvalue weighted by molar-refractivity contribution is -0.139. The average molecular weight is 337 g/mol. The summed E-state index contributed by atoms with van der Waals surface area (Å²) in [4.78, 5) is 12.4. The smallest absolute Gasteiger partial charge is 0.419 e. The molecule has 1 heterocycles. The second-order valence-corrected chi connectivity index (χ2v) is 5.27. The third-order valence-electron chi connectivity index (χ3n) is 3.41. The van der Waals surface area contributed by atoms with Gasteiger partial charge in [-0.1, -0.05) is 24.3 Å². The lowest BCUT2D eigenvalue weighted by Crippen LogP contribution is -2.18. The Balaban J connectivity index is 1.91. The second-order valence-electron chi connectivity index (χ2n) is 5.27. The molecule has 0 aliphatic carbocycles. The van der Waals surface area contributed by atoms with Crippen LogP contribution in [0, 0.1) is 0 Å². The topological polar surface area (TPSA) is 50.9 Å². The van der Waals surface area contributed by atoms with Crippen molar-refractivity contribution in [3.8, 4) is 5.75 Å². The fourth-order valence-electron chi connectivity index (χ4n) is 2.16. The molecular weight excluding hydrogens is 323 g/mol. The minimum Gasteiger partial charge on any atom is -0.489 e. The highest BCUT2D eigenvalue weighted by Gasteiger charge is 2.37. The minimum atomic E-state index is -4.62. The molecule has 0 radical (unpaired) electrons. The van der Waals surface area contributed by atoms with Gasteiger partial charge in [0, 0.05) is 5.69 Å². The Morgan fingerprint density at radius 1 is 1.17 bits per heavy atom. The van der Waals surface area contributed by atoms with Gasteiger partial charge in [0.05, 0.1) is 17.7 Å². The quantitative estimate of drug-likeness (QED) is 0.846. The lowest BCUT2D eigenvalue weighted by Gasteiger charge is -2.17. The Kier molecular flexibility index (Phi) is 4.44. The predicted molar refractivity (Wildman–Crippen MR) is 81.1 cm³/mol. The lowest BCUT2D eigenvalue weighted by atomic mass is 10.1. The zero-order valence-corrected chi connectivity index (χ0v) is 12.5. The monoisotopic (exact) mass is 337 g/mol. The van der Waals surface area contributed by atoms with Gasteiger partial charge in [-0.25, -0.2) is 0 Å². The predicted octanol–water partition coefficient (Wildman–Crippen LogP) is 3.74. The maximum absolute atomic E-state index is 13.2. The molecule has 0 saturated carbocycles. The molecule has 1 aliphatic heterocycles. The van der Waals surface area contributed by atoms with Crippen molar-refractivity contribution in [1.29, 1.82) is 0 Å². The van der Waals surface area contributed by atoms with E-state index in [1.54, 1.807) is 30.3 Å². The van der Waals surface area contributed by atoms with Gasteiger partial charge in [0.15, 0.2) is 0 Å². The van der Waals surface area contributed by atoms with Crippen LogP contribution in [0.5, 0.6) is 5.75 Å². The number of hydrogen-bond donors (Lipinski definition) is 1. The molecule has 1 unspecified atom stereocenters. The fourth-order valence-corrected chi connectivity index (χ4v) is 2.16. The van der Waals surface area contributed by atoms with Crippen LogP contribution in [-0.4, -0.2) is 25.2 Å². The summed E-state index contributed by atoms with van der Waals surface area (Å²) in [6.45, 7) is 0.415. The molecule has 1 amide bonds. The molecule has 2 aromatic rings. The summed E-state index contributed by atoms with van der Waals surface area (Å²) >= 11 is 0. The number of anilines is 1. The van der Waals surface area contributed by atoms with Crippen LogP contribution in [0.1, 0.15) is 15.9 Å². The molecular formula is C17H14F3NO3. The molecule has 1 fully saturated rings. The SMILES string of the molecule is O=C(Nc1ccccc1)c1cccc(C(F)(F)F)c1OCC1CO1. The van der Waals surface area contributed by atoms with Crippen molar-refractivity contribution in [3.05, 3.63) is 59.7 Å². The van der Waals surface area contributed by atoms with Crippen molar-refractivity contribution in [1.82, 2.24) is 0 Å². The summed E-state index contributed by atoms with van der Waals surface area (Å²) in [5.41, 5.74) is -0.672. The maximum Gasteiger partial charge on any atom is 0.419 e. The number of benzene rings is 2. The zero-order chi connectivity index (χ0) is 17.2. The number of rotatable bonds is 5. The van der Waals surface area contributed by atoms with Gasteiger partial charge in [-0.15, -0.1) is 0 Å². The van der Waals surface area contributed by atoms with Crippen LogP contribution >= 0.6 is 0 Å². The minimum absolute atomic E-state index is 0.0291. The van der Waals surface area contributed by atoms with E-state index in [0.717, 1.165) is 6.07 Å². The summed E-state index contributed by atoms with van der Waals surface area (Å²) in [6, 6.07) is 11.9. The highest BCUT2D eigenvalue weighted by Crippen LogP contribution is 2.38. The van der Waals surface area contributed by atoms with E-state index in [-0.39, 0.29) is 18.3 Å². The number of carbonyl (C=O) groups is 1. The van der Waals surface area contributed by atoms with Crippen LogP contribution in [0.3, 0.4) is 0 Å². The summed E-state index contributed by atoms with van der Waals surface area (Å²) in [5, 5.41) is 2.56. The van der Waals surface area contributed by atoms with Crippen molar-refractivity contribution in [3.63, 3.8) is 0 Å². The number of epoxide rings is 1. The second kappa shape index (κ2) is 6.52. The van der Waals surface area contributed by atoms with Gasteiger partial charge in [-0.3, -0.25) is 4.79 Å². The van der Waals surface area contributed by atoms with Gasteiger partial charge in [-0.2, -0.15) is 13.2 Å². The van der Waals surface area contributed by atoms with Gasteiger partial charge >= 0.3 is 6.18 Å². The van der Waals surface area contributed by atoms with Crippen LogP contribution in [0.4, 0.5) is 18.9 Å². The molecule has 126 valence electrons. The Morgan fingerprint density at radius 2 is 1.88 bits per heavy atom. The molecule has 24 heavy (non-hydrogen) atoms. The maximum atomic E-state index is 13.2. The van der Waals surface area contributed by atoms with E-state index < -0.39 is 23.4 Å². The summed E-state index contributed by atoms with van der Waals surface area (Å²) < 4.78 is 49.9. The van der Waals surface area contributed by atoms with E-state index >= 15 is 0 Å². The van der Waals surface area contributed by atoms with Crippen LogP contribution < -0.4 is 10.1 Å². The molecule has 1 saturated heterocycles.